The summed E-state index contributed by atoms with van der Waals surface area (Å²) in [5, 5.41) is 12.3. The van der Waals surface area contributed by atoms with Crippen LogP contribution in [0.25, 0.3) is 11.1 Å². The van der Waals surface area contributed by atoms with Crippen molar-refractivity contribution < 1.29 is 24.2 Å². The van der Waals surface area contributed by atoms with Gasteiger partial charge in [-0.05, 0) is 54.9 Å². The average Bonchev–Trinajstić information content (AvgIpc) is 3.19. The first-order valence-corrected chi connectivity index (χ1v) is 12.0. The number of alkyl carbamates (subject to hydrolysis) is 1. The minimum Gasteiger partial charge on any atom is -0.480 e. The Bertz CT molecular complexity index is 1040. The molecule has 1 aliphatic heterocycles. The summed E-state index contributed by atoms with van der Waals surface area (Å²) in [6.07, 6.45) is 1.93. The van der Waals surface area contributed by atoms with Gasteiger partial charge in [-0.1, -0.05) is 55.5 Å². The van der Waals surface area contributed by atoms with Crippen molar-refractivity contribution in [1.82, 2.24) is 10.2 Å². The number of carbonyl (C=O) groups excluding carboxylic acids is 2. The van der Waals surface area contributed by atoms with Crippen LogP contribution in [0.4, 0.5) is 4.79 Å². The van der Waals surface area contributed by atoms with E-state index in [1.807, 2.05) is 31.2 Å². The minimum atomic E-state index is -0.976. The Balaban J connectivity index is 1.39. The molecule has 0 bridgehead atoms. The summed E-state index contributed by atoms with van der Waals surface area (Å²) in [6.45, 7) is 4.35. The van der Waals surface area contributed by atoms with E-state index in [-0.39, 0.29) is 25.0 Å². The van der Waals surface area contributed by atoms with Crippen LogP contribution in [-0.2, 0) is 14.3 Å². The van der Waals surface area contributed by atoms with Crippen LogP contribution >= 0.6 is 0 Å². The number of rotatable bonds is 7. The van der Waals surface area contributed by atoms with Crippen LogP contribution in [-0.4, -0.2) is 53.7 Å². The molecule has 4 rings (SSSR count). The van der Waals surface area contributed by atoms with Gasteiger partial charge in [-0.3, -0.25) is 4.79 Å². The Morgan fingerprint density at radius 3 is 2.26 bits per heavy atom. The summed E-state index contributed by atoms with van der Waals surface area (Å²) in [7, 11) is 0. The maximum atomic E-state index is 13.3. The van der Waals surface area contributed by atoms with E-state index in [1.54, 1.807) is 6.92 Å². The number of aliphatic carboxylic acids is 1. The Kier molecular flexibility index (Phi) is 6.91. The second kappa shape index (κ2) is 9.87. The molecule has 2 unspecified atom stereocenters. The fourth-order valence-electron chi connectivity index (χ4n) is 5.05. The summed E-state index contributed by atoms with van der Waals surface area (Å²) < 4.78 is 5.60. The van der Waals surface area contributed by atoms with Crippen LogP contribution in [0.3, 0.4) is 0 Å². The maximum absolute atomic E-state index is 13.3. The topological polar surface area (TPSA) is 95.9 Å². The predicted molar refractivity (Wildman–Crippen MR) is 128 cm³/mol. The van der Waals surface area contributed by atoms with E-state index in [9.17, 15) is 19.5 Å². The van der Waals surface area contributed by atoms with Gasteiger partial charge in [0.1, 0.15) is 12.6 Å². The van der Waals surface area contributed by atoms with Crippen molar-refractivity contribution in [2.45, 2.75) is 51.5 Å². The first-order chi connectivity index (χ1) is 16.4. The number of hydrogen-bond acceptors (Lipinski definition) is 4. The van der Waals surface area contributed by atoms with Gasteiger partial charge in [-0.25, -0.2) is 9.59 Å². The zero-order valence-electron chi connectivity index (χ0n) is 19.8. The van der Waals surface area contributed by atoms with E-state index in [4.69, 9.17) is 4.74 Å². The van der Waals surface area contributed by atoms with Gasteiger partial charge in [0.15, 0.2) is 0 Å². The molecule has 7 nitrogen and oxygen atoms in total. The monoisotopic (exact) mass is 464 g/mol. The van der Waals surface area contributed by atoms with E-state index < -0.39 is 23.5 Å². The SMILES string of the molecule is CCC(C)(CNC(=O)OCC1c2ccccc2-c2ccccc21)C(=O)N1CCCCC1C(=O)O. The summed E-state index contributed by atoms with van der Waals surface area (Å²) >= 11 is 0. The number of ether oxygens (including phenoxy) is 1. The van der Waals surface area contributed by atoms with Crippen molar-refractivity contribution in [3.8, 4) is 11.1 Å². The van der Waals surface area contributed by atoms with Crippen molar-refractivity contribution in [2.75, 3.05) is 19.7 Å². The van der Waals surface area contributed by atoms with Gasteiger partial charge in [0.05, 0.1) is 5.41 Å². The molecule has 0 radical (unpaired) electrons. The summed E-state index contributed by atoms with van der Waals surface area (Å²) in [4.78, 5) is 39.0. The van der Waals surface area contributed by atoms with Crippen molar-refractivity contribution in [3.63, 3.8) is 0 Å². The molecule has 2 N–H and O–H groups in total. The number of piperidine rings is 1. The highest BCUT2D eigenvalue weighted by molar-refractivity contribution is 5.88. The Labute approximate surface area is 200 Å². The molecule has 2 atom stereocenters. The number of amides is 2. The van der Waals surface area contributed by atoms with Crippen molar-refractivity contribution in [1.29, 1.82) is 0 Å². The van der Waals surface area contributed by atoms with Crippen LogP contribution in [0, 0.1) is 5.41 Å². The smallest absolute Gasteiger partial charge is 0.407 e. The molecule has 0 saturated carbocycles. The van der Waals surface area contributed by atoms with Crippen LogP contribution in [0.2, 0.25) is 0 Å². The largest absolute Gasteiger partial charge is 0.480 e. The van der Waals surface area contributed by atoms with Gasteiger partial charge in [-0.15, -0.1) is 0 Å². The lowest BCUT2D eigenvalue weighted by atomic mass is 9.84. The fraction of sp³-hybridized carbons (Fsp3) is 0.444. The number of nitrogens with zero attached hydrogens (tertiary/aromatic N) is 1. The number of hydrogen-bond donors (Lipinski definition) is 2. The molecule has 2 aromatic rings. The number of benzene rings is 2. The minimum absolute atomic E-state index is 0.0398. The van der Waals surface area contributed by atoms with Crippen LogP contribution in [0.15, 0.2) is 48.5 Å². The highest BCUT2D eigenvalue weighted by atomic mass is 16.5. The third kappa shape index (κ3) is 4.52. The van der Waals surface area contributed by atoms with Gasteiger partial charge in [0, 0.05) is 19.0 Å². The fourth-order valence-corrected chi connectivity index (χ4v) is 5.05. The van der Waals surface area contributed by atoms with Gasteiger partial charge in [0.2, 0.25) is 5.91 Å². The Morgan fingerprint density at radius 2 is 1.68 bits per heavy atom. The molecule has 7 heteroatoms. The quantitative estimate of drug-likeness (QED) is 0.633. The molecule has 1 aliphatic carbocycles. The lowest BCUT2D eigenvalue weighted by molar-refractivity contribution is -0.156. The standard InChI is InChI=1S/C27H32N2O5/c1-3-27(2,25(32)29-15-9-8-14-23(29)24(30)31)17-28-26(33)34-16-22-20-12-6-4-10-18(20)19-11-5-7-13-21(19)22/h4-7,10-13,22-23H,3,8-9,14-17H2,1-2H3,(H,28,33)(H,30,31). The van der Waals surface area contributed by atoms with E-state index in [0.717, 1.165) is 35.1 Å². The first-order valence-electron chi connectivity index (χ1n) is 12.0. The van der Waals surface area contributed by atoms with Crippen molar-refractivity contribution in [2.24, 2.45) is 5.41 Å². The van der Waals surface area contributed by atoms with Crippen molar-refractivity contribution >= 4 is 18.0 Å². The van der Waals surface area contributed by atoms with Crippen LogP contribution in [0.5, 0.6) is 0 Å². The van der Waals surface area contributed by atoms with Crippen LogP contribution in [0.1, 0.15) is 56.6 Å². The number of nitrogens with one attached hydrogen (secondary N) is 1. The molecule has 2 aromatic carbocycles. The number of carboxylic acid groups (broad SMARTS) is 1. The molecule has 180 valence electrons. The molecule has 2 aliphatic rings. The Morgan fingerprint density at radius 1 is 1.06 bits per heavy atom. The molecule has 1 heterocycles. The molecule has 34 heavy (non-hydrogen) atoms. The van der Waals surface area contributed by atoms with Crippen LogP contribution < -0.4 is 5.32 Å². The molecule has 2 amide bonds. The highest BCUT2D eigenvalue weighted by Crippen LogP contribution is 2.44. The third-order valence-corrected chi connectivity index (χ3v) is 7.31. The number of likely N-dealkylation sites (tertiary alicyclic amines) is 1. The number of fused-ring (bicyclic) bond motifs is 3. The van der Waals surface area contributed by atoms with E-state index in [2.05, 4.69) is 29.6 Å². The molecular formula is C27H32N2O5. The lowest BCUT2D eigenvalue weighted by Gasteiger charge is -2.39. The van der Waals surface area contributed by atoms with Gasteiger partial charge in [-0.2, -0.15) is 0 Å². The number of carbonyl (C=O) groups is 3. The van der Waals surface area contributed by atoms with Gasteiger partial charge in [0.25, 0.3) is 0 Å². The molecule has 0 aromatic heterocycles. The highest BCUT2D eigenvalue weighted by Gasteiger charge is 2.41. The molecule has 0 spiro atoms. The lowest BCUT2D eigenvalue weighted by Crippen LogP contribution is -2.55. The molecular weight excluding hydrogens is 432 g/mol. The van der Waals surface area contributed by atoms with E-state index in [1.165, 1.54) is 4.90 Å². The number of carboxylic acids is 1. The second-order valence-corrected chi connectivity index (χ2v) is 9.44. The second-order valence-electron chi connectivity index (χ2n) is 9.44. The van der Waals surface area contributed by atoms with E-state index in [0.29, 0.717) is 19.4 Å². The van der Waals surface area contributed by atoms with Gasteiger partial charge >= 0.3 is 12.1 Å². The summed E-state index contributed by atoms with van der Waals surface area (Å²) in [6, 6.07) is 15.5. The Hall–Kier alpha value is -3.35. The zero-order chi connectivity index (χ0) is 24.3. The molecule has 1 fully saturated rings. The summed E-state index contributed by atoms with van der Waals surface area (Å²) in [5.41, 5.74) is 3.68. The van der Waals surface area contributed by atoms with Crippen molar-refractivity contribution in [3.05, 3.63) is 59.7 Å². The van der Waals surface area contributed by atoms with Gasteiger partial charge < -0.3 is 20.1 Å². The normalized spacial score (nSPS) is 19.0. The zero-order valence-corrected chi connectivity index (χ0v) is 19.8. The average molecular weight is 465 g/mol. The molecule has 1 saturated heterocycles. The van der Waals surface area contributed by atoms with E-state index >= 15 is 0 Å². The summed E-state index contributed by atoms with van der Waals surface area (Å²) in [5.74, 6) is -1.25. The predicted octanol–water partition coefficient (Wildman–Crippen LogP) is 4.41. The maximum Gasteiger partial charge on any atom is 0.407 e. The third-order valence-electron chi connectivity index (χ3n) is 7.31. The first kappa shape index (κ1) is 23.8.